The van der Waals surface area contributed by atoms with Gasteiger partial charge in [0.05, 0.1) is 5.69 Å². The first-order valence-corrected chi connectivity index (χ1v) is 8.69. The predicted octanol–water partition coefficient (Wildman–Crippen LogP) is 6.70. The fraction of sp³-hybridized carbons (Fsp3) is 0. The molecule has 0 N–H and O–H groups in total. The molecule has 0 amide bonds. The highest BCUT2D eigenvalue weighted by molar-refractivity contribution is 6.32. The van der Waals surface area contributed by atoms with Gasteiger partial charge in [-0.05, 0) is 60.2 Å². The predicted molar refractivity (Wildman–Crippen MR) is 108 cm³/mol. The second-order valence-electron chi connectivity index (χ2n) is 5.84. The van der Waals surface area contributed by atoms with Gasteiger partial charge in [0.2, 0.25) is 5.89 Å². The molecule has 132 valence electrons. The van der Waals surface area contributed by atoms with Gasteiger partial charge in [-0.25, -0.2) is 9.37 Å². The van der Waals surface area contributed by atoms with Gasteiger partial charge in [0.15, 0.2) is 5.58 Å². The van der Waals surface area contributed by atoms with Crippen LogP contribution in [0.4, 0.5) is 10.1 Å². The SMILES string of the molecule is Fc1ccc(-c2nc3cc(N=CC=Cc4ccccc4Cl)ccc3o2)cc1. The second kappa shape index (κ2) is 7.56. The first-order valence-electron chi connectivity index (χ1n) is 8.31. The van der Waals surface area contributed by atoms with E-state index in [2.05, 4.69) is 9.98 Å². The van der Waals surface area contributed by atoms with Crippen molar-refractivity contribution in [3.8, 4) is 11.5 Å². The topological polar surface area (TPSA) is 38.4 Å². The number of aliphatic imine (C=N–C) groups is 1. The van der Waals surface area contributed by atoms with E-state index in [4.69, 9.17) is 16.0 Å². The third kappa shape index (κ3) is 3.96. The summed E-state index contributed by atoms with van der Waals surface area (Å²) in [6.07, 6.45) is 5.43. The van der Waals surface area contributed by atoms with Crippen LogP contribution < -0.4 is 0 Å². The summed E-state index contributed by atoms with van der Waals surface area (Å²) < 4.78 is 18.8. The van der Waals surface area contributed by atoms with Crippen molar-refractivity contribution < 1.29 is 8.81 Å². The number of nitrogens with zero attached hydrogens (tertiary/aromatic N) is 2. The molecule has 27 heavy (non-hydrogen) atoms. The van der Waals surface area contributed by atoms with Crippen LogP contribution in [0.3, 0.4) is 0 Å². The Bertz CT molecular complexity index is 1150. The maximum absolute atomic E-state index is 13.1. The molecule has 0 bridgehead atoms. The molecule has 1 aromatic heterocycles. The average molecular weight is 377 g/mol. The van der Waals surface area contributed by atoms with Crippen LogP contribution in [0.1, 0.15) is 5.56 Å². The Labute approximate surface area is 160 Å². The molecule has 0 saturated heterocycles. The molecule has 4 rings (SSSR count). The van der Waals surface area contributed by atoms with Crippen molar-refractivity contribution in [2.24, 2.45) is 4.99 Å². The van der Waals surface area contributed by atoms with Crippen molar-refractivity contribution in [1.82, 2.24) is 4.98 Å². The molecule has 0 atom stereocenters. The van der Waals surface area contributed by atoms with Crippen LogP contribution in [0.25, 0.3) is 28.6 Å². The second-order valence-corrected chi connectivity index (χ2v) is 6.24. The van der Waals surface area contributed by atoms with E-state index in [0.29, 0.717) is 22.0 Å². The number of aromatic nitrogens is 1. The fourth-order valence-corrected chi connectivity index (χ4v) is 2.80. The molecule has 1 heterocycles. The number of benzene rings is 3. The van der Waals surface area contributed by atoms with E-state index < -0.39 is 0 Å². The van der Waals surface area contributed by atoms with Crippen LogP contribution in [0, 0.1) is 5.82 Å². The molecule has 3 nitrogen and oxygen atoms in total. The molecule has 0 unspecified atom stereocenters. The van der Waals surface area contributed by atoms with E-state index >= 15 is 0 Å². The molecule has 0 fully saturated rings. The number of rotatable bonds is 4. The van der Waals surface area contributed by atoms with Crippen LogP contribution in [-0.4, -0.2) is 11.2 Å². The van der Waals surface area contributed by atoms with Crippen LogP contribution in [0.5, 0.6) is 0 Å². The first kappa shape index (κ1) is 17.2. The van der Waals surface area contributed by atoms with E-state index in [1.807, 2.05) is 54.6 Å². The van der Waals surface area contributed by atoms with Crippen LogP contribution in [-0.2, 0) is 0 Å². The fourth-order valence-electron chi connectivity index (χ4n) is 2.60. The monoisotopic (exact) mass is 376 g/mol. The van der Waals surface area contributed by atoms with E-state index in [9.17, 15) is 4.39 Å². The summed E-state index contributed by atoms with van der Waals surface area (Å²) in [5, 5.41) is 0.694. The Morgan fingerprint density at radius 2 is 1.81 bits per heavy atom. The van der Waals surface area contributed by atoms with Gasteiger partial charge >= 0.3 is 0 Å². The van der Waals surface area contributed by atoms with Gasteiger partial charge in [0, 0.05) is 16.8 Å². The number of fused-ring (bicyclic) bond motifs is 1. The summed E-state index contributed by atoms with van der Waals surface area (Å²) in [4.78, 5) is 8.87. The molecular weight excluding hydrogens is 363 g/mol. The highest BCUT2D eigenvalue weighted by Crippen LogP contribution is 2.27. The lowest BCUT2D eigenvalue weighted by atomic mass is 10.2. The number of hydrogen-bond donors (Lipinski definition) is 0. The third-order valence-corrected chi connectivity index (χ3v) is 4.30. The van der Waals surface area contributed by atoms with Gasteiger partial charge in [0.25, 0.3) is 0 Å². The van der Waals surface area contributed by atoms with E-state index in [1.165, 1.54) is 12.1 Å². The van der Waals surface area contributed by atoms with E-state index in [1.54, 1.807) is 18.3 Å². The Balaban J connectivity index is 1.55. The molecular formula is C22H14ClFN2O. The summed E-state index contributed by atoms with van der Waals surface area (Å²) in [6, 6.07) is 19.1. The minimum atomic E-state index is -0.295. The zero-order chi connectivity index (χ0) is 18.6. The smallest absolute Gasteiger partial charge is 0.227 e. The number of oxazole rings is 1. The van der Waals surface area contributed by atoms with Gasteiger partial charge in [-0.3, -0.25) is 4.99 Å². The lowest BCUT2D eigenvalue weighted by Crippen LogP contribution is -1.78. The van der Waals surface area contributed by atoms with Crippen LogP contribution in [0.2, 0.25) is 5.02 Å². The Kier molecular flexibility index (Phi) is 4.81. The largest absolute Gasteiger partial charge is 0.436 e. The summed E-state index contributed by atoms with van der Waals surface area (Å²) in [7, 11) is 0. The molecule has 0 saturated carbocycles. The van der Waals surface area contributed by atoms with Crippen molar-refractivity contribution in [1.29, 1.82) is 0 Å². The Morgan fingerprint density at radius 3 is 2.63 bits per heavy atom. The van der Waals surface area contributed by atoms with Gasteiger partial charge in [-0.2, -0.15) is 0 Å². The van der Waals surface area contributed by atoms with Crippen molar-refractivity contribution in [2.75, 3.05) is 0 Å². The summed E-state index contributed by atoms with van der Waals surface area (Å²) in [6.45, 7) is 0. The zero-order valence-corrected chi connectivity index (χ0v) is 14.9. The Morgan fingerprint density at radius 1 is 1.00 bits per heavy atom. The first-order chi connectivity index (χ1) is 13.2. The van der Waals surface area contributed by atoms with E-state index in [-0.39, 0.29) is 5.82 Å². The maximum atomic E-state index is 13.1. The molecule has 0 aliphatic carbocycles. The zero-order valence-electron chi connectivity index (χ0n) is 14.1. The van der Waals surface area contributed by atoms with Crippen molar-refractivity contribution >= 4 is 40.7 Å². The lowest BCUT2D eigenvalue weighted by molar-refractivity contribution is 0.616. The van der Waals surface area contributed by atoms with Crippen LogP contribution in [0.15, 0.2) is 82.2 Å². The third-order valence-electron chi connectivity index (χ3n) is 3.95. The minimum absolute atomic E-state index is 0.295. The Hall–Kier alpha value is -3.24. The van der Waals surface area contributed by atoms with Gasteiger partial charge in [-0.15, -0.1) is 0 Å². The molecule has 0 spiro atoms. The van der Waals surface area contributed by atoms with Crippen molar-refractivity contribution in [3.63, 3.8) is 0 Å². The van der Waals surface area contributed by atoms with Crippen molar-refractivity contribution in [3.05, 3.63) is 89.2 Å². The molecule has 0 aliphatic rings. The molecule has 3 aromatic carbocycles. The van der Waals surface area contributed by atoms with Gasteiger partial charge < -0.3 is 4.42 Å². The average Bonchev–Trinajstić information content (AvgIpc) is 3.10. The summed E-state index contributed by atoms with van der Waals surface area (Å²) >= 11 is 6.11. The molecule has 4 aromatic rings. The lowest BCUT2D eigenvalue weighted by Gasteiger charge is -1.95. The molecule has 5 heteroatoms. The highest BCUT2D eigenvalue weighted by Gasteiger charge is 2.08. The number of hydrogen-bond acceptors (Lipinski definition) is 3. The molecule has 0 radical (unpaired) electrons. The molecule has 0 aliphatic heterocycles. The van der Waals surface area contributed by atoms with E-state index in [0.717, 1.165) is 16.8 Å². The maximum Gasteiger partial charge on any atom is 0.227 e. The van der Waals surface area contributed by atoms with Gasteiger partial charge in [-0.1, -0.05) is 35.9 Å². The van der Waals surface area contributed by atoms with Crippen LogP contribution >= 0.6 is 11.6 Å². The quantitative estimate of drug-likeness (QED) is 0.371. The normalized spacial score (nSPS) is 11.8. The van der Waals surface area contributed by atoms with Crippen molar-refractivity contribution in [2.45, 2.75) is 0 Å². The van der Waals surface area contributed by atoms with Gasteiger partial charge in [0.1, 0.15) is 11.3 Å². The summed E-state index contributed by atoms with van der Waals surface area (Å²) in [5.41, 5.74) is 3.76. The minimum Gasteiger partial charge on any atom is -0.436 e. The summed E-state index contributed by atoms with van der Waals surface area (Å²) in [5.74, 6) is 0.154. The number of allylic oxidation sites excluding steroid dienone is 1. The standard InChI is InChI=1S/C22H14ClFN2O/c23-19-6-2-1-4-15(19)5-3-13-25-18-11-12-21-20(14-18)26-22(27-21)16-7-9-17(24)10-8-16/h1-14H. The number of halogens is 2. The highest BCUT2D eigenvalue weighted by atomic mass is 35.5.